The first-order valence-corrected chi connectivity index (χ1v) is 8.97. The van der Waals surface area contributed by atoms with Gasteiger partial charge in [-0.05, 0) is 19.3 Å². The van der Waals surface area contributed by atoms with Gasteiger partial charge in [0.05, 0.1) is 25.6 Å². The van der Waals surface area contributed by atoms with Gasteiger partial charge in [0, 0.05) is 20.2 Å². The van der Waals surface area contributed by atoms with Crippen LogP contribution in [0.3, 0.4) is 0 Å². The molecular weight excluding hydrogens is 296 g/mol. The summed E-state index contributed by atoms with van der Waals surface area (Å²) < 4.78 is 35.6. The largest absolute Gasteiger partial charge is 0.382 e. The molecule has 0 radical (unpaired) electrons. The summed E-state index contributed by atoms with van der Waals surface area (Å²) in [7, 11) is -1.73. The van der Waals surface area contributed by atoms with Crippen LogP contribution in [0.5, 0.6) is 0 Å². The van der Waals surface area contributed by atoms with Crippen molar-refractivity contribution in [1.29, 1.82) is 0 Å². The van der Waals surface area contributed by atoms with Gasteiger partial charge in [-0.1, -0.05) is 6.92 Å². The van der Waals surface area contributed by atoms with E-state index in [0.717, 1.165) is 6.42 Å². The third-order valence-electron chi connectivity index (χ3n) is 3.30. The molecule has 0 spiro atoms. The van der Waals surface area contributed by atoms with E-state index in [0.29, 0.717) is 45.8 Å². The molecular formula is C13H26N2O5S. The third kappa shape index (κ3) is 5.90. The van der Waals surface area contributed by atoms with Crippen molar-refractivity contribution in [1.82, 2.24) is 9.62 Å². The lowest BCUT2D eigenvalue weighted by molar-refractivity contribution is -0.124. The Bertz CT molecular complexity index is 413. The molecule has 0 bridgehead atoms. The summed E-state index contributed by atoms with van der Waals surface area (Å²) in [4.78, 5) is 12.1. The highest BCUT2D eigenvalue weighted by atomic mass is 32.2. The van der Waals surface area contributed by atoms with E-state index < -0.39 is 16.1 Å². The van der Waals surface area contributed by atoms with Gasteiger partial charge in [0.15, 0.2) is 0 Å². The van der Waals surface area contributed by atoms with Gasteiger partial charge in [-0.25, -0.2) is 8.42 Å². The highest BCUT2D eigenvalue weighted by Gasteiger charge is 2.37. The summed E-state index contributed by atoms with van der Waals surface area (Å²) in [5, 5.41) is 2.73. The summed E-state index contributed by atoms with van der Waals surface area (Å²) in [6.45, 7) is 4.02. The highest BCUT2D eigenvalue weighted by Crippen LogP contribution is 2.21. The van der Waals surface area contributed by atoms with Crippen LogP contribution in [0.2, 0.25) is 0 Å². The summed E-state index contributed by atoms with van der Waals surface area (Å²) in [6, 6.07) is -0.569. The van der Waals surface area contributed by atoms with Gasteiger partial charge < -0.3 is 14.8 Å². The minimum absolute atomic E-state index is 0.0942. The molecule has 1 rings (SSSR count). The van der Waals surface area contributed by atoms with Gasteiger partial charge in [-0.2, -0.15) is 4.31 Å². The molecule has 1 heterocycles. The summed E-state index contributed by atoms with van der Waals surface area (Å²) >= 11 is 0. The first kappa shape index (κ1) is 18.3. The number of carbonyl (C=O) groups excluding carboxylic acids is 1. The highest BCUT2D eigenvalue weighted by molar-refractivity contribution is 7.89. The van der Waals surface area contributed by atoms with Crippen LogP contribution in [-0.4, -0.2) is 70.4 Å². The molecule has 0 aromatic carbocycles. The van der Waals surface area contributed by atoms with Gasteiger partial charge in [0.2, 0.25) is 15.9 Å². The number of amides is 1. The van der Waals surface area contributed by atoms with E-state index in [1.54, 1.807) is 7.11 Å². The molecule has 7 nitrogen and oxygen atoms in total. The lowest BCUT2D eigenvalue weighted by atomic mass is 10.2. The van der Waals surface area contributed by atoms with Gasteiger partial charge in [-0.15, -0.1) is 0 Å². The maximum absolute atomic E-state index is 12.1. The quantitative estimate of drug-likeness (QED) is 0.571. The van der Waals surface area contributed by atoms with Gasteiger partial charge in [0.1, 0.15) is 6.04 Å². The number of sulfonamides is 1. The second-order valence-corrected chi connectivity index (χ2v) is 7.02. The van der Waals surface area contributed by atoms with Gasteiger partial charge in [0.25, 0.3) is 0 Å². The number of rotatable bonds is 10. The lowest BCUT2D eigenvalue weighted by Crippen LogP contribution is -2.47. The smallest absolute Gasteiger partial charge is 0.238 e. The Morgan fingerprint density at radius 1 is 1.33 bits per heavy atom. The SMILES string of the molecule is CCCS(=O)(=O)N1CCCC1C(=O)NCCOCCOC. The molecule has 0 aromatic rings. The van der Waals surface area contributed by atoms with Crippen LogP contribution in [0.4, 0.5) is 0 Å². The van der Waals surface area contributed by atoms with Crippen molar-refractivity contribution in [2.45, 2.75) is 32.2 Å². The van der Waals surface area contributed by atoms with Crippen molar-refractivity contribution in [3.63, 3.8) is 0 Å². The van der Waals surface area contributed by atoms with E-state index >= 15 is 0 Å². The fourth-order valence-corrected chi connectivity index (χ4v) is 4.07. The van der Waals surface area contributed by atoms with Crippen molar-refractivity contribution >= 4 is 15.9 Å². The third-order valence-corrected chi connectivity index (χ3v) is 5.38. The van der Waals surface area contributed by atoms with E-state index in [2.05, 4.69) is 5.32 Å². The normalized spacial score (nSPS) is 19.8. The number of ether oxygens (including phenoxy) is 2. The zero-order valence-corrected chi connectivity index (χ0v) is 13.7. The van der Waals surface area contributed by atoms with E-state index in [1.807, 2.05) is 6.92 Å². The minimum Gasteiger partial charge on any atom is -0.382 e. The molecule has 21 heavy (non-hydrogen) atoms. The molecule has 1 aliphatic heterocycles. The first-order valence-electron chi connectivity index (χ1n) is 7.36. The van der Waals surface area contributed by atoms with Crippen LogP contribution in [0.15, 0.2) is 0 Å². The minimum atomic E-state index is -3.32. The Labute approximate surface area is 127 Å². The van der Waals surface area contributed by atoms with Crippen LogP contribution in [0, 0.1) is 0 Å². The predicted octanol–water partition coefficient (Wildman–Crippen LogP) is -0.0302. The molecule has 1 saturated heterocycles. The molecule has 0 aromatic heterocycles. The Morgan fingerprint density at radius 3 is 2.76 bits per heavy atom. The molecule has 8 heteroatoms. The number of hydrogen-bond donors (Lipinski definition) is 1. The molecule has 0 saturated carbocycles. The number of nitrogens with zero attached hydrogens (tertiary/aromatic N) is 1. The molecule has 1 unspecified atom stereocenters. The van der Waals surface area contributed by atoms with Crippen molar-refractivity contribution in [2.24, 2.45) is 0 Å². The van der Waals surface area contributed by atoms with Gasteiger partial charge >= 0.3 is 0 Å². The predicted molar refractivity (Wildman–Crippen MR) is 79.5 cm³/mol. The molecule has 1 aliphatic rings. The number of methoxy groups -OCH3 is 1. The maximum Gasteiger partial charge on any atom is 0.238 e. The summed E-state index contributed by atoms with van der Waals surface area (Å²) in [6.07, 6.45) is 1.87. The average Bonchev–Trinajstić information content (AvgIpc) is 2.92. The molecule has 124 valence electrons. The first-order chi connectivity index (χ1) is 10.0. The second kappa shape index (κ2) is 9.34. The fraction of sp³-hybridized carbons (Fsp3) is 0.923. The Balaban J connectivity index is 2.39. The summed E-state index contributed by atoms with van der Waals surface area (Å²) in [5.74, 6) is -0.140. The van der Waals surface area contributed by atoms with Crippen LogP contribution in [0.25, 0.3) is 0 Å². The number of carbonyl (C=O) groups is 1. The Hall–Kier alpha value is -0.700. The van der Waals surface area contributed by atoms with E-state index in [9.17, 15) is 13.2 Å². The van der Waals surface area contributed by atoms with Crippen molar-refractivity contribution in [3.8, 4) is 0 Å². The topological polar surface area (TPSA) is 84.9 Å². The maximum atomic E-state index is 12.1. The van der Waals surface area contributed by atoms with Crippen molar-refractivity contribution < 1.29 is 22.7 Å². The zero-order valence-electron chi connectivity index (χ0n) is 12.8. The number of nitrogens with one attached hydrogen (secondary N) is 1. The Kier molecular flexibility index (Phi) is 8.16. The average molecular weight is 322 g/mol. The molecule has 1 N–H and O–H groups in total. The van der Waals surface area contributed by atoms with Crippen LogP contribution >= 0.6 is 0 Å². The number of hydrogen-bond acceptors (Lipinski definition) is 5. The van der Waals surface area contributed by atoms with Gasteiger partial charge in [-0.3, -0.25) is 4.79 Å². The second-order valence-electron chi connectivity index (χ2n) is 4.98. The zero-order chi connectivity index (χ0) is 15.7. The van der Waals surface area contributed by atoms with Crippen molar-refractivity contribution in [2.75, 3.05) is 45.8 Å². The standard InChI is InChI=1S/C13H26N2O5S/c1-3-11-21(17,18)15-7-4-5-12(15)13(16)14-6-8-20-10-9-19-2/h12H,3-11H2,1-2H3,(H,14,16). The summed E-state index contributed by atoms with van der Waals surface area (Å²) in [5.41, 5.74) is 0. The molecule has 1 atom stereocenters. The monoisotopic (exact) mass is 322 g/mol. The van der Waals surface area contributed by atoms with Crippen LogP contribution in [0.1, 0.15) is 26.2 Å². The molecule has 0 aliphatic carbocycles. The van der Waals surface area contributed by atoms with Crippen LogP contribution in [-0.2, 0) is 24.3 Å². The molecule has 1 amide bonds. The van der Waals surface area contributed by atoms with Crippen LogP contribution < -0.4 is 5.32 Å². The van der Waals surface area contributed by atoms with Crippen molar-refractivity contribution in [3.05, 3.63) is 0 Å². The van der Waals surface area contributed by atoms with E-state index in [-0.39, 0.29) is 11.7 Å². The fourth-order valence-electron chi connectivity index (χ4n) is 2.32. The van der Waals surface area contributed by atoms with E-state index in [1.165, 1.54) is 4.31 Å². The molecule has 1 fully saturated rings. The van der Waals surface area contributed by atoms with E-state index in [4.69, 9.17) is 9.47 Å². The Morgan fingerprint density at radius 2 is 2.10 bits per heavy atom. The lowest BCUT2D eigenvalue weighted by Gasteiger charge is -2.23.